The minimum Gasteiger partial charge on any atom is -0.496 e. The Labute approximate surface area is 323 Å². The van der Waals surface area contributed by atoms with Crippen LogP contribution in [0.3, 0.4) is 0 Å². The highest BCUT2D eigenvalue weighted by atomic mass is 16.5. The molecular formula is C48H58N4O2. The van der Waals surface area contributed by atoms with E-state index in [-0.39, 0.29) is 0 Å². The Hall–Kier alpha value is -5.10. The lowest BCUT2D eigenvalue weighted by molar-refractivity contribution is 0.307. The van der Waals surface area contributed by atoms with Gasteiger partial charge in [0.1, 0.15) is 11.5 Å². The first-order valence-electron chi connectivity index (χ1n) is 20.0. The third kappa shape index (κ3) is 8.03. The number of anilines is 2. The van der Waals surface area contributed by atoms with E-state index in [1.165, 1.54) is 44.2 Å². The van der Waals surface area contributed by atoms with Crippen LogP contribution in [0.4, 0.5) is 11.4 Å². The topological polar surface area (TPSA) is 50.7 Å². The first kappa shape index (κ1) is 38.6. The fourth-order valence-electron chi connectivity index (χ4n) is 8.23. The van der Waals surface area contributed by atoms with Gasteiger partial charge in [-0.15, -0.1) is 0 Å². The molecule has 0 fully saturated rings. The number of fused-ring (bicyclic) bond motifs is 2. The first-order valence-corrected chi connectivity index (χ1v) is 20.0. The summed E-state index contributed by atoms with van der Waals surface area (Å²) in [6, 6.07) is 30.0. The molecule has 6 nitrogen and oxygen atoms in total. The number of pyridine rings is 2. The number of hydrogen-bond donors (Lipinski definition) is 0. The molecule has 0 radical (unpaired) electrons. The van der Waals surface area contributed by atoms with Gasteiger partial charge < -0.3 is 19.3 Å². The Morgan fingerprint density at radius 3 is 1.59 bits per heavy atom. The van der Waals surface area contributed by atoms with E-state index in [1.807, 2.05) is 18.2 Å². The van der Waals surface area contributed by atoms with Crippen molar-refractivity contribution in [2.24, 2.45) is 0 Å². The largest absolute Gasteiger partial charge is 0.496 e. The molecule has 0 amide bonds. The van der Waals surface area contributed by atoms with Gasteiger partial charge in [-0.1, -0.05) is 81.4 Å². The number of unbranched alkanes of at least 4 members (excludes halogenated alkanes) is 1. The van der Waals surface area contributed by atoms with Crippen molar-refractivity contribution in [3.63, 3.8) is 0 Å². The van der Waals surface area contributed by atoms with Crippen LogP contribution in [0, 0.1) is 27.7 Å². The Balaban J connectivity index is 1.18. The minimum absolute atomic E-state index is 0.669. The van der Waals surface area contributed by atoms with Crippen molar-refractivity contribution in [3.8, 4) is 34.0 Å². The van der Waals surface area contributed by atoms with Gasteiger partial charge >= 0.3 is 0 Å². The molecule has 0 saturated carbocycles. The number of aryl methyl sites for hydroxylation is 4. The molecule has 2 aromatic heterocycles. The zero-order chi connectivity index (χ0) is 38.2. The van der Waals surface area contributed by atoms with Gasteiger partial charge in [-0.25, -0.2) is 0 Å². The van der Waals surface area contributed by atoms with Crippen LogP contribution in [0.25, 0.3) is 44.1 Å². The monoisotopic (exact) mass is 722 g/mol. The number of rotatable bonds is 17. The van der Waals surface area contributed by atoms with Crippen LogP contribution in [0.5, 0.6) is 11.5 Å². The van der Waals surface area contributed by atoms with Crippen molar-refractivity contribution in [1.29, 1.82) is 0 Å². The normalized spacial score (nSPS) is 11.3. The first-order chi connectivity index (χ1) is 26.3. The molecule has 0 saturated heterocycles. The highest BCUT2D eigenvalue weighted by Crippen LogP contribution is 2.41. The van der Waals surface area contributed by atoms with Gasteiger partial charge in [0.25, 0.3) is 0 Å². The van der Waals surface area contributed by atoms with Crippen LogP contribution in [0.2, 0.25) is 0 Å². The third-order valence-electron chi connectivity index (χ3n) is 10.4. The number of hydrogen-bond acceptors (Lipinski definition) is 6. The summed E-state index contributed by atoms with van der Waals surface area (Å²) < 4.78 is 12.2. The van der Waals surface area contributed by atoms with Crippen molar-refractivity contribution in [1.82, 2.24) is 9.97 Å². The Morgan fingerprint density at radius 2 is 1.04 bits per heavy atom. The Kier molecular flexibility index (Phi) is 12.7. The number of methoxy groups -OCH3 is 1. The third-order valence-corrected chi connectivity index (χ3v) is 10.4. The maximum Gasteiger partial charge on any atom is 0.128 e. The lowest BCUT2D eigenvalue weighted by Crippen LogP contribution is -2.27. The molecule has 6 aromatic rings. The molecule has 0 N–H and O–H groups in total. The van der Waals surface area contributed by atoms with E-state index >= 15 is 0 Å². The molecule has 282 valence electrons. The predicted octanol–water partition coefficient (Wildman–Crippen LogP) is 12.1. The highest BCUT2D eigenvalue weighted by Gasteiger charge is 2.21. The molecule has 0 aliphatic heterocycles. The van der Waals surface area contributed by atoms with Gasteiger partial charge in [-0.2, -0.15) is 0 Å². The quantitative estimate of drug-likeness (QED) is 0.0874. The lowest BCUT2D eigenvalue weighted by Gasteiger charge is -2.28. The summed E-state index contributed by atoms with van der Waals surface area (Å²) in [6.07, 6.45) is 5.26. The summed E-state index contributed by atoms with van der Waals surface area (Å²) in [7, 11) is 1.72. The standard InChI is InChI=1S/C48H58N4O2/c1-9-26-51(27-10-2)47-36(7)50-46(39-21-13-15-23-41(39)47)44-33(4)31-37(32-34(44)5)54-30-19-18-29-52(28-11-3)48-35(6)49-45(38-20-12-14-22-40(38)48)42-24-16-17-25-43(42)53-8/h12-17,20-25,31-32H,9-11,18-19,26-30H2,1-8H3. The van der Waals surface area contributed by atoms with Crippen LogP contribution in [-0.2, 0) is 0 Å². The molecule has 0 unspecified atom stereocenters. The number of ether oxygens (including phenoxy) is 2. The molecule has 6 rings (SSSR count). The average Bonchev–Trinajstić information content (AvgIpc) is 3.17. The molecule has 2 heterocycles. The van der Waals surface area contributed by atoms with E-state index in [0.717, 1.165) is 104 Å². The highest BCUT2D eigenvalue weighted by molar-refractivity contribution is 6.04. The van der Waals surface area contributed by atoms with Crippen LogP contribution in [0.15, 0.2) is 84.9 Å². The average molecular weight is 723 g/mol. The number of para-hydroxylation sites is 1. The van der Waals surface area contributed by atoms with E-state index in [9.17, 15) is 0 Å². The zero-order valence-electron chi connectivity index (χ0n) is 33.8. The van der Waals surface area contributed by atoms with Crippen molar-refractivity contribution in [2.75, 3.05) is 49.7 Å². The predicted molar refractivity (Wildman–Crippen MR) is 230 cm³/mol. The molecule has 0 aliphatic carbocycles. The fourth-order valence-corrected chi connectivity index (χ4v) is 8.23. The van der Waals surface area contributed by atoms with Crippen LogP contribution in [0.1, 0.15) is 75.4 Å². The van der Waals surface area contributed by atoms with Crippen molar-refractivity contribution < 1.29 is 9.47 Å². The molecular weight excluding hydrogens is 665 g/mol. The number of nitrogens with zero attached hydrogens (tertiary/aromatic N) is 4. The maximum atomic E-state index is 6.43. The second-order valence-electron chi connectivity index (χ2n) is 14.5. The fraction of sp³-hybridized carbons (Fsp3) is 0.375. The van der Waals surface area contributed by atoms with Gasteiger partial charge in [-0.3, -0.25) is 9.97 Å². The summed E-state index contributed by atoms with van der Waals surface area (Å²) in [4.78, 5) is 15.6. The molecule has 54 heavy (non-hydrogen) atoms. The van der Waals surface area contributed by atoms with Gasteiger partial charge in [0.05, 0.1) is 47.9 Å². The Bertz CT molecular complexity index is 2180. The maximum absolute atomic E-state index is 6.43. The second-order valence-corrected chi connectivity index (χ2v) is 14.5. The molecule has 6 heteroatoms. The lowest BCUT2D eigenvalue weighted by atomic mass is 9.94. The summed E-state index contributed by atoms with van der Waals surface area (Å²) in [5, 5.41) is 4.86. The van der Waals surface area contributed by atoms with E-state index in [0.29, 0.717) is 6.61 Å². The van der Waals surface area contributed by atoms with Crippen molar-refractivity contribution in [3.05, 3.63) is 107 Å². The second kappa shape index (κ2) is 17.8. The van der Waals surface area contributed by atoms with E-state index in [2.05, 4.69) is 125 Å². The molecule has 0 spiro atoms. The molecule has 4 aromatic carbocycles. The van der Waals surface area contributed by atoms with Gasteiger partial charge in [0.15, 0.2) is 0 Å². The molecule has 0 atom stereocenters. The van der Waals surface area contributed by atoms with Crippen molar-refractivity contribution >= 4 is 32.9 Å². The van der Waals surface area contributed by atoms with Crippen LogP contribution >= 0.6 is 0 Å². The minimum atomic E-state index is 0.669. The molecule has 0 bridgehead atoms. The van der Waals surface area contributed by atoms with Gasteiger partial charge in [0, 0.05) is 58.9 Å². The number of aromatic nitrogens is 2. The van der Waals surface area contributed by atoms with E-state index < -0.39 is 0 Å². The SMILES string of the molecule is CCCN(CCCCOc1cc(C)c(-c2nc(C)c(N(CCC)CCC)c3ccccc23)c(C)c1)c1c(C)nc(-c2ccccc2OC)c2ccccc12. The summed E-state index contributed by atoms with van der Waals surface area (Å²) >= 11 is 0. The van der Waals surface area contributed by atoms with E-state index in [4.69, 9.17) is 19.4 Å². The summed E-state index contributed by atoms with van der Waals surface area (Å²) in [6.45, 7) is 20.1. The summed E-state index contributed by atoms with van der Waals surface area (Å²) in [5.41, 5.74) is 11.2. The smallest absolute Gasteiger partial charge is 0.128 e. The Morgan fingerprint density at radius 1 is 0.556 bits per heavy atom. The van der Waals surface area contributed by atoms with Crippen molar-refractivity contribution in [2.45, 2.75) is 80.6 Å². The molecule has 0 aliphatic rings. The van der Waals surface area contributed by atoms with Crippen LogP contribution < -0.4 is 19.3 Å². The van der Waals surface area contributed by atoms with Gasteiger partial charge in [-0.05, 0) is 95.2 Å². The van der Waals surface area contributed by atoms with Crippen LogP contribution in [-0.4, -0.2) is 49.9 Å². The van der Waals surface area contributed by atoms with E-state index in [1.54, 1.807) is 7.11 Å². The van der Waals surface area contributed by atoms with Gasteiger partial charge in [0.2, 0.25) is 0 Å². The zero-order valence-corrected chi connectivity index (χ0v) is 33.8. The number of benzene rings is 4. The summed E-state index contributed by atoms with van der Waals surface area (Å²) in [5.74, 6) is 1.76.